The molecule has 0 aromatic carbocycles. The third-order valence-electron chi connectivity index (χ3n) is 3.89. The number of nitrogens with zero attached hydrogens (tertiary/aromatic N) is 4. The minimum absolute atomic E-state index is 0.0815. The van der Waals surface area contributed by atoms with Gasteiger partial charge in [-0.2, -0.15) is 5.10 Å². The molecule has 1 aliphatic heterocycles. The molecule has 0 bridgehead atoms. The maximum atomic E-state index is 11.5. The quantitative estimate of drug-likeness (QED) is 0.771. The van der Waals surface area contributed by atoms with Crippen LogP contribution < -0.4 is 0 Å². The van der Waals surface area contributed by atoms with Crippen LogP contribution in [0.5, 0.6) is 0 Å². The fourth-order valence-electron chi connectivity index (χ4n) is 2.50. The standard InChI is InChI=1S/C11H18N4O2S2/c1-13(10-4-5-19(16,17)6-10)8-15-11(18)14(7-12-15)9-2-3-9/h7,9-10H,2-6,8H2,1H3. The number of sulfone groups is 1. The van der Waals surface area contributed by atoms with Gasteiger partial charge in [-0.15, -0.1) is 0 Å². The van der Waals surface area contributed by atoms with Crippen molar-refractivity contribution < 1.29 is 8.42 Å². The van der Waals surface area contributed by atoms with E-state index in [1.807, 2.05) is 16.5 Å². The molecule has 1 saturated heterocycles. The van der Waals surface area contributed by atoms with Gasteiger partial charge in [0.2, 0.25) is 0 Å². The van der Waals surface area contributed by atoms with Crippen molar-refractivity contribution in [1.82, 2.24) is 19.2 Å². The van der Waals surface area contributed by atoms with Crippen LogP contribution in [-0.2, 0) is 16.5 Å². The van der Waals surface area contributed by atoms with Gasteiger partial charge in [-0.05, 0) is 38.5 Å². The van der Waals surface area contributed by atoms with Crippen molar-refractivity contribution in [3.8, 4) is 0 Å². The Morgan fingerprint density at radius 1 is 1.47 bits per heavy atom. The largest absolute Gasteiger partial charge is 0.303 e. The van der Waals surface area contributed by atoms with Gasteiger partial charge in [0.05, 0.1) is 18.2 Å². The fourth-order valence-corrected chi connectivity index (χ4v) is 4.61. The summed E-state index contributed by atoms with van der Waals surface area (Å²) in [5.41, 5.74) is 0. The molecule has 106 valence electrons. The maximum absolute atomic E-state index is 11.5. The van der Waals surface area contributed by atoms with E-state index in [1.165, 1.54) is 12.8 Å². The zero-order valence-corrected chi connectivity index (χ0v) is 12.5. The van der Waals surface area contributed by atoms with Crippen LogP contribution in [0.2, 0.25) is 0 Å². The molecule has 2 aliphatic rings. The third kappa shape index (κ3) is 2.75. The highest BCUT2D eigenvalue weighted by Gasteiger charge is 2.31. The summed E-state index contributed by atoms with van der Waals surface area (Å²) in [6.45, 7) is 0.554. The lowest BCUT2D eigenvalue weighted by Gasteiger charge is -2.22. The van der Waals surface area contributed by atoms with E-state index in [4.69, 9.17) is 12.2 Å². The minimum atomic E-state index is -2.84. The van der Waals surface area contributed by atoms with Crippen LogP contribution in [0.1, 0.15) is 25.3 Å². The number of rotatable bonds is 4. The highest BCUT2D eigenvalue weighted by Crippen LogP contribution is 2.34. The second-order valence-electron chi connectivity index (χ2n) is 5.51. The van der Waals surface area contributed by atoms with Crippen LogP contribution in [0.25, 0.3) is 0 Å². The van der Waals surface area contributed by atoms with Crippen LogP contribution in [-0.4, -0.2) is 52.3 Å². The van der Waals surface area contributed by atoms with Gasteiger partial charge in [0.1, 0.15) is 6.33 Å². The summed E-state index contributed by atoms with van der Waals surface area (Å²) in [6.07, 6.45) is 4.85. The van der Waals surface area contributed by atoms with Gasteiger partial charge in [-0.1, -0.05) is 0 Å². The van der Waals surface area contributed by atoms with Crippen molar-refractivity contribution in [3.05, 3.63) is 11.1 Å². The summed E-state index contributed by atoms with van der Waals surface area (Å²) in [5.74, 6) is 0.546. The van der Waals surface area contributed by atoms with E-state index in [1.54, 1.807) is 11.0 Å². The lowest BCUT2D eigenvalue weighted by molar-refractivity contribution is 0.196. The minimum Gasteiger partial charge on any atom is -0.303 e. The van der Waals surface area contributed by atoms with E-state index in [-0.39, 0.29) is 11.8 Å². The van der Waals surface area contributed by atoms with E-state index in [0.29, 0.717) is 24.9 Å². The maximum Gasteiger partial charge on any atom is 0.199 e. The van der Waals surface area contributed by atoms with Gasteiger partial charge in [-0.25, -0.2) is 13.1 Å². The van der Waals surface area contributed by atoms with Crippen molar-refractivity contribution >= 4 is 22.1 Å². The van der Waals surface area contributed by atoms with Gasteiger partial charge >= 0.3 is 0 Å². The molecule has 2 fully saturated rings. The van der Waals surface area contributed by atoms with Crippen molar-refractivity contribution in [1.29, 1.82) is 0 Å². The normalized spacial score (nSPS) is 26.1. The summed E-state index contributed by atoms with van der Waals surface area (Å²) in [4.78, 5) is 2.03. The Kier molecular flexibility index (Phi) is 3.26. The van der Waals surface area contributed by atoms with Gasteiger partial charge < -0.3 is 4.57 Å². The monoisotopic (exact) mass is 302 g/mol. The predicted octanol–water partition coefficient (Wildman–Crippen LogP) is 0.825. The molecular formula is C11H18N4O2S2. The van der Waals surface area contributed by atoms with E-state index in [0.717, 1.165) is 4.77 Å². The summed E-state index contributed by atoms with van der Waals surface area (Å²) >= 11 is 5.40. The molecule has 2 heterocycles. The molecule has 1 atom stereocenters. The average molecular weight is 302 g/mol. The highest BCUT2D eigenvalue weighted by molar-refractivity contribution is 7.91. The molecule has 19 heavy (non-hydrogen) atoms. The fraction of sp³-hybridized carbons (Fsp3) is 0.818. The molecule has 1 aromatic heterocycles. The van der Waals surface area contributed by atoms with Gasteiger partial charge in [0.15, 0.2) is 14.6 Å². The molecule has 0 radical (unpaired) electrons. The number of aromatic nitrogens is 3. The molecule has 6 nitrogen and oxygen atoms in total. The second kappa shape index (κ2) is 4.68. The van der Waals surface area contributed by atoms with Crippen molar-refractivity contribution in [3.63, 3.8) is 0 Å². The molecule has 0 N–H and O–H groups in total. The van der Waals surface area contributed by atoms with E-state index < -0.39 is 9.84 Å². The van der Waals surface area contributed by atoms with E-state index in [2.05, 4.69) is 5.10 Å². The van der Waals surface area contributed by atoms with Crippen molar-refractivity contribution in [2.45, 2.75) is 38.0 Å². The summed E-state index contributed by atoms with van der Waals surface area (Å²) in [7, 11) is -0.910. The number of hydrogen-bond acceptors (Lipinski definition) is 5. The molecule has 1 unspecified atom stereocenters. The predicted molar refractivity (Wildman–Crippen MR) is 74.1 cm³/mol. The second-order valence-corrected chi connectivity index (χ2v) is 8.10. The Hall–Kier alpha value is -0.730. The SMILES string of the molecule is CN(Cn1ncn(C2CC2)c1=S)C1CCS(=O)(=O)C1. The molecule has 1 saturated carbocycles. The Morgan fingerprint density at radius 2 is 2.21 bits per heavy atom. The van der Waals surface area contributed by atoms with Crippen LogP contribution in [0.15, 0.2) is 6.33 Å². The molecular weight excluding hydrogens is 284 g/mol. The Bertz CT molecular complexity index is 629. The van der Waals surface area contributed by atoms with Crippen molar-refractivity contribution in [2.24, 2.45) is 0 Å². The molecule has 0 amide bonds. The molecule has 1 aliphatic carbocycles. The van der Waals surface area contributed by atoms with Crippen LogP contribution >= 0.6 is 12.2 Å². The Morgan fingerprint density at radius 3 is 2.79 bits per heavy atom. The zero-order chi connectivity index (χ0) is 13.6. The smallest absolute Gasteiger partial charge is 0.199 e. The van der Waals surface area contributed by atoms with Gasteiger partial charge in [0, 0.05) is 12.1 Å². The average Bonchev–Trinajstić information content (AvgIpc) is 3.03. The molecule has 8 heteroatoms. The summed E-state index contributed by atoms with van der Waals surface area (Å²) in [5, 5.41) is 4.31. The van der Waals surface area contributed by atoms with Crippen molar-refractivity contribution in [2.75, 3.05) is 18.6 Å². The first-order valence-electron chi connectivity index (χ1n) is 6.51. The topological polar surface area (TPSA) is 60.1 Å². The summed E-state index contributed by atoms with van der Waals surface area (Å²) < 4.78 is 27.5. The lowest BCUT2D eigenvalue weighted by Crippen LogP contribution is -2.34. The van der Waals surface area contributed by atoms with E-state index >= 15 is 0 Å². The number of hydrogen-bond donors (Lipinski definition) is 0. The zero-order valence-electron chi connectivity index (χ0n) is 10.9. The van der Waals surface area contributed by atoms with Gasteiger partial charge in [0.25, 0.3) is 0 Å². The lowest BCUT2D eigenvalue weighted by atomic mass is 10.2. The van der Waals surface area contributed by atoms with E-state index in [9.17, 15) is 8.42 Å². The first-order chi connectivity index (χ1) is 8.96. The van der Waals surface area contributed by atoms with Crippen LogP contribution in [0.3, 0.4) is 0 Å². The van der Waals surface area contributed by atoms with Gasteiger partial charge in [-0.3, -0.25) is 4.90 Å². The third-order valence-corrected chi connectivity index (χ3v) is 6.06. The molecule has 1 aromatic rings. The Labute approximate surface area is 117 Å². The molecule has 0 spiro atoms. The van der Waals surface area contributed by atoms with Crippen LogP contribution in [0, 0.1) is 4.77 Å². The first-order valence-corrected chi connectivity index (χ1v) is 8.74. The summed E-state index contributed by atoms with van der Waals surface area (Å²) in [6, 6.07) is 0.608. The highest BCUT2D eigenvalue weighted by atomic mass is 32.2. The first kappa shape index (κ1) is 13.3. The van der Waals surface area contributed by atoms with Crippen LogP contribution in [0.4, 0.5) is 0 Å². The Balaban J connectivity index is 1.69. The molecule has 3 rings (SSSR count).